The topological polar surface area (TPSA) is 49.8 Å². The normalized spacial score (nSPS) is 13.4. The van der Waals surface area contributed by atoms with Crippen LogP contribution in [0.4, 0.5) is 22.0 Å². The first-order valence-corrected chi connectivity index (χ1v) is 4.40. The van der Waals surface area contributed by atoms with Crippen molar-refractivity contribution in [2.45, 2.75) is 18.1 Å². The zero-order valence-corrected chi connectivity index (χ0v) is 9.53. The van der Waals surface area contributed by atoms with Gasteiger partial charge in [0.25, 0.3) is 0 Å². The lowest BCUT2D eigenvalue weighted by atomic mass is 9.99. The summed E-state index contributed by atoms with van der Waals surface area (Å²) in [4.78, 5) is 0. The van der Waals surface area contributed by atoms with Crippen LogP contribution < -0.4 is 5.73 Å². The zero-order valence-electron chi connectivity index (χ0n) is 8.71. The first-order chi connectivity index (χ1) is 7.70. The molecule has 2 N–H and O–H groups in total. The first kappa shape index (κ1) is 16.6. The SMILES string of the molecule is Cl.N#Cc1cccc([C@@H](N)C(F)(F)C(F)(F)F)c1. The van der Waals surface area contributed by atoms with Crippen molar-refractivity contribution in [3.05, 3.63) is 35.4 Å². The molecule has 0 radical (unpaired) electrons. The molecular formula is C10H8ClF5N2. The zero-order chi connectivity index (χ0) is 13.3. The molecule has 0 fully saturated rings. The summed E-state index contributed by atoms with van der Waals surface area (Å²) in [5.41, 5.74) is 4.43. The summed E-state index contributed by atoms with van der Waals surface area (Å²) in [6.45, 7) is 0. The van der Waals surface area contributed by atoms with E-state index in [1.54, 1.807) is 6.07 Å². The minimum atomic E-state index is -5.73. The number of hydrogen-bond acceptors (Lipinski definition) is 2. The Morgan fingerprint density at radius 1 is 1.17 bits per heavy atom. The average molecular weight is 287 g/mol. The predicted molar refractivity (Wildman–Crippen MR) is 56.3 cm³/mol. The molecule has 0 aliphatic heterocycles. The van der Waals surface area contributed by atoms with Crippen molar-refractivity contribution < 1.29 is 22.0 Å². The Hall–Kier alpha value is -1.39. The Bertz CT molecular complexity index is 452. The second-order valence-corrected chi connectivity index (χ2v) is 3.34. The minimum absolute atomic E-state index is 0. The maximum Gasteiger partial charge on any atom is 0.455 e. The van der Waals surface area contributed by atoms with E-state index >= 15 is 0 Å². The van der Waals surface area contributed by atoms with Gasteiger partial charge in [-0.1, -0.05) is 12.1 Å². The van der Waals surface area contributed by atoms with E-state index in [9.17, 15) is 22.0 Å². The van der Waals surface area contributed by atoms with Crippen molar-refractivity contribution in [1.82, 2.24) is 0 Å². The van der Waals surface area contributed by atoms with Gasteiger partial charge < -0.3 is 5.73 Å². The highest BCUT2D eigenvalue weighted by atomic mass is 35.5. The van der Waals surface area contributed by atoms with Crippen LogP contribution in [0.25, 0.3) is 0 Å². The molecule has 0 aromatic heterocycles. The Morgan fingerprint density at radius 2 is 1.72 bits per heavy atom. The van der Waals surface area contributed by atoms with Crippen molar-refractivity contribution in [2.24, 2.45) is 5.73 Å². The van der Waals surface area contributed by atoms with E-state index in [1.165, 1.54) is 12.1 Å². The van der Waals surface area contributed by atoms with E-state index in [0.29, 0.717) is 0 Å². The predicted octanol–water partition coefficient (Wildman–Crippen LogP) is 3.18. The van der Waals surface area contributed by atoms with Gasteiger partial charge >= 0.3 is 12.1 Å². The van der Waals surface area contributed by atoms with Crippen molar-refractivity contribution in [3.8, 4) is 6.07 Å². The van der Waals surface area contributed by atoms with Gasteiger partial charge in [0.05, 0.1) is 11.6 Å². The number of alkyl halides is 5. The molecule has 0 bridgehead atoms. The molecule has 0 saturated carbocycles. The van der Waals surface area contributed by atoms with Gasteiger partial charge in [-0.05, 0) is 17.7 Å². The number of nitrogens with two attached hydrogens (primary N) is 1. The summed E-state index contributed by atoms with van der Waals surface area (Å²) in [5.74, 6) is -5.04. The van der Waals surface area contributed by atoms with Crippen molar-refractivity contribution in [3.63, 3.8) is 0 Å². The molecule has 0 amide bonds. The van der Waals surface area contributed by atoms with Crippen LogP contribution in [0, 0.1) is 11.3 Å². The highest BCUT2D eigenvalue weighted by molar-refractivity contribution is 5.85. The molecule has 1 atom stereocenters. The summed E-state index contributed by atoms with van der Waals surface area (Å²) in [6.07, 6.45) is -5.73. The lowest BCUT2D eigenvalue weighted by Gasteiger charge is -2.25. The largest absolute Gasteiger partial charge is 0.455 e. The maximum atomic E-state index is 12.9. The maximum absolute atomic E-state index is 12.9. The smallest absolute Gasteiger partial charge is 0.319 e. The molecule has 0 unspecified atom stereocenters. The second kappa shape index (κ2) is 5.50. The van der Waals surface area contributed by atoms with Crippen LogP contribution in [-0.2, 0) is 0 Å². The lowest BCUT2D eigenvalue weighted by molar-refractivity contribution is -0.291. The molecule has 0 spiro atoms. The Labute approximate surface area is 106 Å². The van der Waals surface area contributed by atoms with Gasteiger partial charge in [0.1, 0.15) is 6.04 Å². The summed E-state index contributed by atoms with van der Waals surface area (Å²) in [5, 5.41) is 8.51. The fourth-order valence-corrected chi connectivity index (χ4v) is 1.19. The van der Waals surface area contributed by atoms with E-state index in [-0.39, 0.29) is 18.0 Å². The third-order valence-electron chi connectivity index (χ3n) is 2.14. The van der Waals surface area contributed by atoms with E-state index < -0.39 is 23.7 Å². The van der Waals surface area contributed by atoms with Crippen LogP contribution in [0.5, 0.6) is 0 Å². The van der Waals surface area contributed by atoms with Gasteiger partial charge in [-0.2, -0.15) is 27.2 Å². The Kier molecular flexibility index (Phi) is 5.08. The van der Waals surface area contributed by atoms with E-state index in [2.05, 4.69) is 0 Å². The van der Waals surface area contributed by atoms with Crippen molar-refractivity contribution in [1.29, 1.82) is 5.26 Å². The fourth-order valence-electron chi connectivity index (χ4n) is 1.19. The highest BCUT2D eigenvalue weighted by Gasteiger charge is 2.61. The molecule has 0 aliphatic rings. The minimum Gasteiger partial charge on any atom is -0.319 e. The monoisotopic (exact) mass is 286 g/mol. The van der Waals surface area contributed by atoms with Gasteiger partial charge in [-0.25, -0.2) is 0 Å². The third-order valence-corrected chi connectivity index (χ3v) is 2.14. The molecule has 8 heteroatoms. The lowest BCUT2D eigenvalue weighted by Crippen LogP contribution is -2.45. The highest BCUT2D eigenvalue weighted by Crippen LogP contribution is 2.43. The van der Waals surface area contributed by atoms with Crippen LogP contribution >= 0.6 is 12.4 Å². The molecule has 0 heterocycles. The summed E-state index contributed by atoms with van der Waals surface area (Å²) in [7, 11) is 0. The summed E-state index contributed by atoms with van der Waals surface area (Å²) in [6, 6.07) is 3.50. The van der Waals surface area contributed by atoms with Crippen molar-refractivity contribution >= 4 is 12.4 Å². The molecule has 1 aromatic rings. The summed E-state index contributed by atoms with van der Waals surface area (Å²) < 4.78 is 62.0. The standard InChI is InChI=1S/C10H7F5N2.ClH/c11-9(12,10(13,14)15)8(17)7-3-1-2-6(4-7)5-16;/h1-4,8H,17H2;1H/t8-;/m1./s1. The van der Waals surface area contributed by atoms with E-state index in [4.69, 9.17) is 11.0 Å². The number of rotatable bonds is 2. The van der Waals surface area contributed by atoms with Crippen LogP contribution in [0.1, 0.15) is 17.2 Å². The second-order valence-electron chi connectivity index (χ2n) is 3.34. The quantitative estimate of drug-likeness (QED) is 0.849. The molecule has 2 nitrogen and oxygen atoms in total. The Balaban J connectivity index is 0.00000289. The molecular weight excluding hydrogens is 279 g/mol. The van der Waals surface area contributed by atoms with Gasteiger partial charge in [0.2, 0.25) is 0 Å². The number of halogens is 6. The summed E-state index contributed by atoms with van der Waals surface area (Å²) >= 11 is 0. The first-order valence-electron chi connectivity index (χ1n) is 4.40. The van der Waals surface area contributed by atoms with Gasteiger partial charge in [0, 0.05) is 0 Å². The van der Waals surface area contributed by atoms with Crippen LogP contribution in [0.15, 0.2) is 24.3 Å². The van der Waals surface area contributed by atoms with Crippen LogP contribution in [0.3, 0.4) is 0 Å². The van der Waals surface area contributed by atoms with Crippen LogP contribution in [0.2, 0.25) is 0 Å². The molecule has 1 rings (SSSR count). The molecule has 100 valence electrons. The van der Waals surface area contributed by atoms with E-state index in [0.717, 1.165) is 12.1 Å². The molecule has 0 saturated heterocycles. The molecule has 1 aromatic carbocycles. The molecule has 0 aliphatic carbocycles. The average Bonchev–Trinajstić information content (AvgIpc) is 2.26. The number of hydrogen-bond donors (Lipinski definition) is 1. The number of benzene rings is 1. The van der Waals surface area contributed by atoms with E-state index in [1.807, 2.05) is 0 Å². The van der Waals surface area contributed by atoms with Gasteiger partial charge in [-0.3, -0.25) is 0 Å². The number of nitrogens with zero attached hydrogens (tertiary/aromatic N) is 1. The van der Waals surface area contributed by atoms with Gasteiger partial charge in [0.15, 0.2) is 0 Å². The fraction of sp³-hybridized carbons (Fsp3) is 0.300. The van der Waals surface area contributed by atoms with Crippen molar-refractivity contribution in [2.75, 3.05) is 0 Å². The van der Waals surface area contributed by atoms with Crippen LogP contribution in [-0.4, -0.2) is 12.1 Å². The Morgan fingerprint density at radius 3 is 2.17 bits per heavy atom. The molecule has 18 heavy (non-hydrogen) atoms. The number of nitriles is 1. The third kappa shape index (κ3) is 3.09. The van der Waals surface area contributed by atoms with Gasteiger partial charge in [-0.15, -0.1) is 12.4 Å².